The van der Waals surface area contributed by atoms with Gasteiger partial charge in [0.1, 0.15) is 5.75 Å². The van der Waals surface area contributed by atoms with Crippen molar-refractivity contribution in [2.45, 2.75) is 63.9 Å². The molecule has 0 saturated heterocycles. The van der Waals surface area contributed by atoms with Gasteiger partial charge in [-0.3, -0.25) is 4.79 Å². The number of ether oxygens (including phenoxy) is 1. The molecular formula is C17H22O2. The molecule has 1 aromatic rings. The monoisotopic (exact) mass is 258 g/mol. The highest BCUT2D eigenvalue weighted by atomic mass is 16.5. The van der Waals surface area contributed by atoms with E-state index in [-0.39, 0.29) is 5.78 Å². The van der Waals surface area contributed by atoms with Crippen molar-refractivity contribution in [3.8, 4) is 5.75 Å². The van der Waals surface area contributed by atoms with E-state index in [1.54, 1.807) is 0 Å². The molecule has 2 nitrogen and oxygen atoms in total. The first-order chi connectivity index (χ1) is 9.34. The highest BCUT2D eigenvalue weighted by Crippen LogP contribution is 2.32. The SMILES string of the molecule is O=C1CCCc2c(OC3CCCCCC3)cccc21. The van der Waals surface area contributed by atoms with Crippen molar-refractivity contribution in [3.63, 3.8) is 0 Å². The molecule has 0 spiro atoms. The highest BCUT2D eigenvalue weighted by molar-refractivity contribution is 5.99. The van der Waals surface area contributed by atoms with Crippen molar-refractivity contribution in [2.75, 3.05) is 0 Å². The number of Topliss-reactive ketones (excluding diaryl/α,β-unsaturated/α-hetero) is 1. The van der Waals surface area contributed by atoms with Gasteiger partial charge < -0.3 is 4.74 Å². The first-order valence-electron chi connectivity index (χ1n) is 7.66. The maximum absolute atomic E-state index is 11.9. The number of hydrogen-bond donors (Lipinski definition) is 0. The lowest BCUT2D eigenvalue weighted by Crippen LogP contribution is -2.18. The molecule has 19 heavy (non-hydrogen) atoms. The summed E-state index contributed by atoms with van der Waals surface area (Å²) in [6.07, 6.45) is 10.6. The van der Waals surface area contributed by atoms with Crippen LogP contribution >= 0.6 is 0 Å². The predicted octanol–water partition coefficient (Wildman–Crippen LogP) is 4.31. The van der Waals surface area contributed by atoms with Crippen LogP contribution in [0, 0.1) is 0 Å². The Morgan fingerprint density at radius 3 is 2.53 bits per heavy atom. The van der Waals surface area contributed by atoms with Crippen LogP contribution in [0.3, 0.4) is 0 Å². The summed E-state index contributed by atoms with van der Waals surface area (Å²) in [6, 6.07) is 5.97. The van der Waals surface area contributed by atoms with Crippen LogP contribution in [0.4, 0.5) is 0 Å². The molecule has 0 unspecified atom stereocenters. The fraction of sp³-hybridized carbons (Fsp3) is 0.588. The molecule has 2 aliphatic rings. The Kier molecular flexibility index (Phi) is 3.86. The summed E-state index contributed by atoms with van der Waals surface area (Å²) in [4.78, 5) is 11.9. The number of fused-ring (bicyclic) bond motifs is 1. The third kappa shape index (κ3) is 2.83. The number of rotatable bonds is 2. The Morgan fingerprint density at radius 1 is 0.947 bits per heavy atom. The van der Waals surface area contributed by atoms with Crippen molar-refractivity contribution < 1.29 is 9.53 Å². The van der Waals surface area contributed by atoms with Gasteiger partial charge in [-0.05, 0) is 44.6 Å². The average Bonchev–Trinajstić information content (AvgIpc) is 2.69. The highest BCUT2D eigenvalue weighted by Gasteiger charge is 2.22. The molecule has 0 atom stereocenters. The van der Waals surface area contributed by atoms with Crippen LogP contribution in [0.25, 0.3) is 0 Å². The zero-order valence-corrected chi connectivity index (χ0v) is 11.5. The van der Waals surface area contributed by atoms with Gasteiger partial charge in [0.2, 0.25) is 0 Å². The number of hydrogen-bond acceptors (Lipinski definition) is 2. The maximum Gasteiger partial charge on any atom is 0.163 e. The molecular weight excluding hydrogens is 236 g/mol. The molecule has 0 aliphatic heterocycles. The number of benzene rings is 1. The molecule has 3 rings (SSSR count). The van der Waals surface area contributed by atoms with Gasteiger partial charge in [0.05, 0.1) is 6.10 Å². The minimum atomic E-state index is 0.285. The molecule has 1 saturated carbocycles. The van der Waals surface area contributed by atoms with Crippen LogP contribution < -0.4 is 4.74 Å². The molecule has 0 bridgehead atoms. The van der Waals surface area contributed by atoms with Gasteiger partial charge in [-0.15, -0.1) is 0 Å². The Morgan fingerprint density at radius 2 is 1.74 bits per heavy atom. The van der Waals surface area contributed by atoms with Crippen LogP contribution in [0.2, 0.25) is 0 Å². The van der Waals surface area contributed by atoms with Crippen LogP contribution in [0.15, 0.2) is 18.2 Å². The normalized spacial score (nSPS) is 20.7. The van der Waals surface area contributed by atoms with Crippen molar-refractivity contribution >= 4 is 5.78 Å². The first kappa shape index (κ1) is 12.7. The number of carbonyl (C=O) groups excluding carboxylic acids is 1. The van der Waals surface area contributed by atoms with Gasteiger partial charge in [-0.1, -0.05) is 25.0 Å². The molecule has 0 heterocycles. The lowest BCUT2D eigenvalue weighted by atomic mass is 9.90. The minimum absolute atomic E-state index is 0.285. The molecule has 102 valence electrons. The van der Waals surface area contributed by atoms with Crippen molar-refractivity contribution in [3.05, 3.63) is 29.3 Å². The average molecular weight is 258 g/mol. The molecule has 2 heteroatoms. The van der Waals surface area contributed by atoms with E-state index in [4.69, 9.17) is 4.74 Å². The minimum Gasteiger partial charge on any atom is -0.490 e. The fourth-order valence-electron chi connectivity index (χ4n) is 3.29. The van der Waals surface area contributed by atoms with Gasteiger partial charge in [-0.25, -0.2) is 0 Å². The van der Waals surface area contributed by atoms with Gasteiger partial charge >= 0.3 is 0 Å². The second-order valence-electron chi connectivity index (χ2n) is 5.79. The fourth-order valence-corrected chi connectivity index (χ4v) is 3.29. The summed E-state index contributed by atoms with van der Waals surface area (Å²) in [5.41, 5.74) is 2.06. The molecule has 1 fully saturated rings. The smallest absolute Gasteiger partial charge is 0.163 e. The Labute approximate surface area is 115 Å². The summed E-state index contributed by atoms with van der Waals surface area (Å²) in [7, 11) is 0. The van der Waals surface area contributed by atoms with Gasteiger partial charge in [0, 0.05) is 17.5 Å². The molecule has 0 aromatic heterocycles. The van der Waals surface area contributed by atoms with E-state index in [1.807, 2.05) is 18.2 Å². The summed E-state index contributed by atoms with van der Waals surface area (Å²) in [6.45, 7) is 0. The Hall–Kier alpha value is -1.31. The molecule has 0 amide bonds. The summed E-state index contributed by atoms with van der Waals surface area (Å²) in [5.74, 6) is 1.25. The number of carbonyl (C=O) groups is 1. The summed E-state index contributed by atoms with van der Waals surface area (Å²) in [5, 5.41) is 0. The zero-order chi connectivity index (χ0) is 13.1. The topological polar surface area (TPSA) is 26.3 Å². The van der Waals surface area contributed by atoms with E-state index in [0.29, 0.717) is 12.5 Å². The zero-order valence-electron chi connectivity index (χ0n) is 11.5. The van der Waals surface area contributed by atoms with E-state index < -0.39 is 0 Å². The standard InChI is InChI=1S/C17H22O2/c18-16-11-5-10-15-14(16)9-6-12-17(15)19-13-7-3-1-2-4-8-13/h6,9,12-13H,1-5,7-8,10-11H2. The largest absolute Gasteiger partial charge is 0.490 e. The lowest BCUT2D eigenvalue weighted by Gasteiger charge is -2.23. The van der Waals surface area contributed by atoms with Crippen LogP contribution in [-0.2, 0) is 6.42 Å². The van der Waals surface area contributed by atoms with Crippen LogP contribution in [0.5, 0.6) is 5.75 Å². The maximum atomic E-state index is 11.9. The predicted molar refractivity (Wildman–Crippen MR) is 75.8 cm³/mol. The quantitative estimate of drug-likeness (QED) is 0.739. The van der Waals surface area contributed by atoms with E-state index in [9.17, 15) is 4.79 Å². The molecule has 2 aliphatic carbocycles. The second kappa shape index (κ2) is 5.77. The molecule has 1 aromatic carbocycles. The third-order valence-corrected chi connectivity index (χ3v) is 4.36. The van der Waals surface area contributed by atoms with Crippen molar-refractivity contribution in [1.29, 1.82) is 0 Å². The summed E-state index contributed by atoms with van der Waals surface area (Å²) >= 11 is 0. The van der Waals surface area contributed by atoms with Crippen LogP contribution in [0.1, 0.15) is 67.3 Å². The van der Waals surface area contributed by atoms with Gasteiger partial charge in [0.25, 0.3) is 0 Å². The van der Waals surface area contributed by atoms with E-state index in [2.05, 4.69) is 0 Å². The van der Waals surface area contributed by atoms with Gasteiger partial charge in [-0.2, -0.15) is 0 Å². The first-order valence-corrected chi connectivity index (χ1v) is 7.66. The summed E-state index contributed by atoms with van der Waals surface area (Å²) < 4.78 is 6.23. The Balaban J connectivity index is 1.80. The second-order valence-corrected chi connectivity index (χ2v) is 5.79. The lowest BCUT2D eigenvalue weighted by molar-refractivity contribution is 0.0970. The third-order valence-electron chi connectivity index (χ3n) is 4.36. The van der Waals surface area contributed by atoms with Crippen molar-refractivity contribution in [1.82, 2.24) is 0 Å². The Bertz CT molecular complexity index is 456. The van der Waals surface area contributed by atoms with E-state index >= 15 is 0 Å². The molecule has 0 N–H and O–H groups in total. The van der Waals surface area contributed by atoms with E-state index in [0.717, 1.165) is 42.6 Å². The van der Waals surface area contributed by atoms with E-state index in [1.165, 1.54) is 25.7 Å². The van der Waals surface area contributed by atoms with Crippen LogP contribution in [-0.4, -0.2) is 11.9 Å². The molecule has 0 radical (unpaired) electrons. The number of ketones is 1. The van der Waals surface area contributed by atoms with Crippen molar-refractivity contribution in [2.24, 2.45) is 0 Å². The van der Waals surface area contributed by atoms with Gasteiger partial charge in [0.15, 0.2) is 5.78 Å².